The Kier molecular flexibility index (Phi) is 5.53. The van der Waals surface area contributed by atoms with Gasteiger partial charge in [0.05, 0.1) is 23.7 Å². The van der Waals surface area contributed by atoms with Crippen LogP contribution in [0.15, 0.2) is 16.4 Å². The van der Waals surface area contributed by atoms with Gasteiger partial charge in [-0.25, -0.2) is 4.99 Å². The van der Waals surface area contributed by atoms with Crippen LogP contribution >= 0.6 is 0 Å². The van der Waals surface area contributed by atoms with Crippen LogP contribution in [0.1, 0.15) is 46.5 Å². The Balaban J connectivity index is 1.92. The number of hydrogen-bond acceptors (Lipinski definition) is 6. The van der Waals surface area contributed by atoms with E-state index >= 15 is 0 Å². The van der Waals surface area contributed by atoms with E-state index < -0.39 is 0 Å². The molecule has 3 fully saturated rings. The van der Waals surface area contributed by atoms with E-state index in [1.165, 1.54) is 0 Å². The summed E-state index contributed by atoms with van der Waals surface area (Å²) < 4.78 is 0. The molecule has 0 aromatic carbocycles. The molecule has 4 atom stereocenters. The van der Waals surface area contributed by atoms with Gasteiger partial charge in [0.15, 0.2) is 0 Å². The molecule has 1 amide bonds. The molecule has 4 unspecified atom stereocenters. The van der Waals surface area contributed by atoms with Crippen LogP contribution in [-0.2, 0) is 4.79 Å². The molecule has 144 valence electrons. The number of amides is 1. The summed E-state index contributed by atoms with van der Waals surface area (Å²) in [5.41, 5.74) is 0.839. The second-order valence-corrected chi connectivity index (χ2v) is 7.87. The summed E-state index contributed by atoms with van der Waals surface area (Å²) in [6.07, 6.45) is 4.41. The minimum atomic E-state index is -0.318. The van der Waals surface area contributed by atoms with Gasteiger partial charge in [-0.2, -0.15) is 10.5 Å². The number of carbonyl (C=O) groups excluding carboxylic acids is 1. The van der Waals surface area contributed by atoms with Crippen LogP contribution in [0.2, 0.25) is 0 Å². The molecule has 3 rings (SSSR count). The van der Waals surface area contributed by atoms with Crippen LogP contribution in [-0.4, -0.2) is 59.2 Å². The number of carbonyl (C=O) groups is 1. The Morgan fingerprint density at radius 2 is 2.11 bits per heavy atom. The molecule has 0 bridgehead atoms. The Hall–Kier alpha value is -2.38. The third-order valence-electron chi connectivity index (χ3n) is 6.40. The van der Waals surface area contributed by atoms with Gasteiger partial charge in [-0.1, -0.05) is 6.92 Å². The van der Waals surface area contributed by atoms with Crippen molar-refractivity contribution < 1.29 is 4.79 Å². The second-order valence-electron chi connectivity index (χ2n) is 7.87. The van der Waals surface area contributed by atoms with E-state index in [2.05, 4.69) is 35.1 Å². The Morgan fingerprint density at radius 3 is 2.70 bits per heavy atom. The lowest BCUT2D eigenvalue weighted by Gasteiger charge is -2.54. The highest BCUT2D eigenvalue weighted by molar-refractivity contribution is 5.80. The summed E-state index contributed by atoms with van der Waals surface area (Å²) in [5, 5.41) is 21.8. The molecule has 27 heavy (non-hydrogen) atoms. The smallest absolute Gasteiger partial charge is 0.237 e. The van der Waals surface area contributed by atoms with Crippen LogP contribution in [0.3, 0.4) is 0 Å². The van der Waals surface area contributed by atoms with Crippen molar-refractivity contribution in [2.75, 3.05) is 19.6 Å². The van der Waals surface area contributed by atoms with Gasteiger partial charge >= 0.3 is 0 Å². The molecule has 3 aliphatic rings. The third kappa shape index (κ3) is 3.21. The van der Waals surface area contributed by atoms with Crippen molar-refractivity contribution in [2.45, 2.75) is 64.1 Å². The van der Waals surface area contributed by atoms with Crippen molar-refractivity contribution in [3.8, 4) is 12.1 Å². The van der Waals surface area contributed by atoms with Gasteiger partial charge in [-0.15, -0.1) is 0 Å². The Morgan fingerprint density at radius 1 is 1.37 bits per heavy atom. The van der Waals surface area contributed by atoms with Crippen molar-refractivity contribution in [1.29, 1.82) is 10.5 Å². The van der Waals surface area contributed by atoms with E-state index in [-0.39, 0.29) is 30.0 Å². The molecule has 3 saturated heterocycles. The third-order valence-corrected chi connectivity index (χ3v) is 6.40. The van der Waals surface area contributed by atoms with Crippen LogP contribution in [0.4, 0.5) is 0 Å². The normalized spacial score (nSPS) is 35.1. The molecule has 1 spiro atoms. The minimum absolute atomic E-state index is 0.0620. The van der Waals surface area contributed by atoms with Crippen molar-refractivity contribution in [1.82, 2.24) is 15.1 Å². The quantitative estimate of drug-likeness (QED) is 0.766. The molecule has 0 radical (unpaired) electrons. The fraction of sp³-hybridized carbons (Fsp3) is 0.700. The molecular formula is C20H28N6O. The molecule has 0 aliphatic carbocycles. The van der Waals surface area contributed by atoms with Gasteiger partial charge < -0.3 is 9.80 Å². The summed E-state index contributed by atoms with van der Waals surface area (Å²) in [4.78, 5) is 21.2. The molecule has 7 nitrogen and oxygen atoms in total. The second kappa shape index (κ2) is 7.70. The van der Waals surface area contributed by atoms with Crippen molar-refractivity contribution in [3.63, 3.8) is 0 Å². The van der Waals surface area contributed by atoms with E-state index in [0.29, 0.717) is 5.92 Å². The van der Waals surface area contributed by atoms with Crippen LogP contribution < -0.4 is 5.32 Å². The number of hydrogen-bond donors (Lipinski definition) is 1. The largest absolute Gasteiger partial charge is 0.351 e. The van der Waals surface area contributed by atoms with E-state index in [1.807, 2.05) is 17.9 Å². The van der Waals surface area contributed by atoms with E-state index in [0.717, 1.165) is 50.3 Å². The van der Waals surface area contributed by atoms with Gasteiger partial charge in [-0.05, 0) is 45.6 Å². The fourth-order valence-electron chi connectivity index (χ4n) is 4.85. The maximum absolute atomic E-state index is 12.4. The lowest BCUT2D eigenvalue weighted by molar-refractivity contribution is -0.148. The predicted molar refractivity (Wildman–Crippen MR) is 102 cm³/mol. The zero-order valence-electron chi connectivity index (χ0n) is 16.4. The lowest BCUT2D eigenvalue weighted by atomic mass is 9.78. The fourth-order valence-corrected chi connectivity index (χ4v) is 4.85. The SMILES string of the molecule is CC=N/C(=C1/CC(C)CNC1C#N)N1CCC2(CCN2C(=O)CC#N)C1C. The molecule has 3 heterocycles. The Labute approximate surface area is 161 Å². The molecule has 3 aliphatic heterocycles. The maximum atomic E-state index is 12.4. The number of piperidine rings is 1. The van der Waals surface area contributed by atoms with Crippen molar-refractivity contribution in [3.05, 3.63) is 11.4 Å². The predicted octanol–water partition coefficient (Wildman–Crippen LogP) is 1.79. The summed E-state index contributed by atoms with van der Waals surface area (Å²) in [6, 6.07) is 4.14. The van der Waals surface area contributed by atoms with Gasteiger partial charge in [-0.3, -0.25) is 10.1 Å². The first kappa shape index (κ1) is 19.4. The number of nitrogens with zero attached hydrogens (tertiary/aromatic N) is 5. The lowest BCUT2D eigenvalue weighted by Crippen LogP contribution is -2.66. The number of aliphatic imine (C=N–C) groups is 1. The van der Waals surface area contributed by atoms with E-state index in [4.69, 9.17) is 5.26 Å². The van der Waals surface area contributed by atoms with Crippen molar-refractivity contribution >= 4 is 12.1 Å². The van der Waals surface area contributed by atoms with E-state index in [1.54, 1.807) is 6.21 Å². The summed E-state index contributed by atoms with van der Waals surface area (Å²) >= 11 is 0. The number of rotatable bonds is 3. The monoisotopic (exact) mass is 368 g/mol. The molecular weight excluding hydrogens is 340 g/mol. The Bertz CT molecular complexity index is 745. The number of nitriles is 2. The molecule has 7 heteroatoms. The first-order valence-corrected chi connectivity index (χ1v) is 9.77. The number of nitrogens with one attached hydrogen (secondary N) is 1. The first-order valence-electron chi connectivity index (χ1n) is 9.77. The van der Waals surface area contributed by atoms with Gasteiger partial charge in [0.1, 0.15) is 18.3 Å². The summed E-state index contributed by atoms with van der Waals surface area (Å²) in [6.45, 7) is 8.58. The highest BCUT2D eigenvalue weighted by Gasteiger charge is 2.56. The van der Waals surface area contributed by atoms with E-state index in [9.17, 15) is 10.1 Å². The highest BCUT2D eigenvalue weighted by Crippen LogP contribution is 2.46. The van der Waals surface area contributed by atoms with Crippen LogP contribution in [0.5, 0.6) is 0 Å². The summed E-state index contributed by atoms with van der Waals surface area (Å²) in [5.74, 6) is 1.26. The van der Waals surface area contributed by atoms with Crippen molar-refractivity contribution in [2.24, 2.45) is 10.9 Å². The summed E-state index contributed by atoms with van der Waals surface area (Å²) in [7, 11) is 0. The molecule has 0 aromatic heterocycles. The standard InChI is InChI=1S/C20H28N6O/c1-4-23-19(16-11-14(2)13-24-17(16)12-22)25-9-6-20(15(25)3)7-10-26(20)18(27)5-8-21/h4,14-15,17,24H,5-7,9-11,13H2,1-3H3/b19-16+,23-4?. The van der Waals surface area contributed by atoms with Gasteiger partial charge in [0, 0.05) is 24.9 Å². The maximum Gasteiger partial charge on any atom is 0.237 e. The van der Waals surface area contributed by atoms with Crippen LogP contribution in [0.25, 0.3) is 0 Å². The minimum Gasteiger partial charge on any atom is -0.351 e. The number of likely N-dealkylation sites (tertiary alicyclic amines) is 2. The highest BCUT2D eigenvalue weighted by atomic mass is 16.2. The average molecular weight is 368 g/mol. The zero-order chi connectivity index (χ0) is 19.6. The first-order chi connectivity index (χ1) is 13.0. The van der Waals surface area contributed by atoms with Gasteiger partial charge in [0.25, 0.3) is 0 Å². The molecule has 0 aromatic rings. The zero-order valence-corrected chi connectivity index (χ0v) is 16.4. The average Bonchev–Trinajstić information content (AvgIpc) is 2.98. The molecule has 0 saturated carbocycles. The molecule has 1 N–H and O–H groups in total. The topological polar surface area (TPSA) is 95.5 Å². The van der Waals surface area contributed by atoms with Gasteiger partial charge in [0.2, 0.25) is 5.91 Å². The van der Waals surface area contributed by atoms with Crippen LogP contribution in [0, 0.1) is 28.6 Å².